The second-order valence-electron chi connectivity index (χ2n) is 6.22. The molecular formula is C16H17F3N4O2. The minimum atomic E-state index is -4.21. The summed E-state index contributed by atoms with van der Waals surface area (Å²) in [5.74, 6) is 0. The van der Waals surface area contributed by atoms with Gasteiger partial charge >= 0.3 is 6.18 Å². The normalized spacial score (nSPS) is 18.6. The van der Waals surface area contributed by atoms with Crippen LogP contribution in [0.5, 0.6) is 0 Å². The summed E-state index contributed by atoms with van der Waals surface area (Å²) < 4.78 is 37.5. The number of hydrogen-bond donors (Lipinski definition) is 1. The number of nitrogens with one attached hydrogen (secondary N) is 1. The third-order valence-corrected chi connectivity index (χ3v) is 4.18. The van der Waals surface area contributed by atoms with Crippen molar-refractivity contribution in [1.29, 1.82) is 0 Å². The highest BCUT2D eigenvalue weighted by Crippen LogP contribution is 2.31. The summed E-state index contributed by atoms with van der Waals surface area (Å²) in [5.41, 5.74) is 1.45. The number of likely N-dealkylation sites (tertiary alicyclic amines) is 1. The van der Waals surface area contributed by atoms with Gasteiger partial charge in [-0.1, -0.05) is 12.1 Å². The molecule has 0 spiro atoms. The number of non-ortho nitro benzene ring substituents is 1. The Morgan fingerprint density at radius 3 is 2.88 bits per heavy atom. The van der Waals surface area contributed by atoms with E-state index < -0.39 is 17.6 Å². The highest BCUT2D eigenvalue weighted by molar-refractivity contribution is 5.96. The first-order valence-electron chi connectivity index (χ1n) is 7.83. The summed E-state index contributed by atoms with van der Waals surface area (Å²) in [6.07, 6.45) is -3.64. The lowest BCUT2D eigenvalue weighted by Gasteiger charge is -2.19. The van der Waals surface area contributed by atoms with E-state index in [1.165, 1.54) is 11.0 Å². The number of hydrogen-bond acceptors (Lipinski definition) is 5. The van der Waals surface area contributed by atoms with Gasteiger partial charge in [0.05, 0.1) is 11.5 Å². The van der Waals surface area contributed by atoms with Crippen LogP contribution < -0.4 is 5.32 Å². The predicted molar refractivity (Wildman–Crippen MR) is 87.7 cm³/mol. The Morgan fingerprint density at radius 2 is 2.20 bits per heavy atom. The number of nitro groups is 1. The molecule has 0 aliphatic carbocycles. The van der Waals surface area contributed by atoms with E-state index in [0.29, 0.717) is 29.7 Å². The maximum Gasteiger partial charge on any atom is 0.401 e. The Hall–Kier alpha value is -2.42. The van der Waals surface area contributed by atoms with Gasteiger partial charge < -0.3 is 5.32 Å². The van der Waals surface area contributed by atoms with Gasteiger partial charge in [-0.15, -0.1) is 0 Å². The molecule has 134 valence electrons. The number of pyridine rings is 1. The molecule has 0 radical (unpaired) electrons. The van der Waals surface area contributed by atoms with E-state index in [0.717, 1.165) is 0 Å². The maximum atomic E-state index is 12.5. The second kappa shape index (κ2) is 6.47. The van der Waals surface area contributed by atoms with Crippen molar-refractivity contribution in [3.05, 3.63) is 40.1 Å². The first-order chi connectivity index (χ1) is 11.7. The van der Waals surface area contributed by atoms with Crippen molar-refractivity contribution >= 4 is 22.3 Å². The third kappa shape index (κ3) is 3.98. The molecule has 1 unspecified atom stereocenters. The van der Waals surface area contributed by atoms with E-state index >= 15 is 0 Å². The van der Waals surface area contributed by atoms with Crippen LogP contribution in [0.25, 0.3) is 10.9 Å². The van der Waals surface area contributed by atoms with Gasteiger partial charge in [-0.05, 0) is 19.4 Å². The Morgan fingerprint density at radius 1 is 1.44 bits per heavy atom. The number of nitrogens with zero attached hydrogens (tertiary/aromatic N) is 3. The predicted octanol–water partition coefficient (Wildman–Crippen LogP) is 3.50. The average Bonchev–Trinajstić information content (AvgIpc) is 2.91. The van der Waals surface area contributed by atoms with Crippen molar-refractivity contribution in [2.75, 3.05) is 25.0 Å². The van der Waals surface area contributed by atoms with Gasteiger partial charge in [0.15, 0.2) is 5.52 Å². The van der Waals surface area contributed by atoms with Gasteiger partial charge in [0.25, 0.3) is 5.69 Å². The summed E-state index contributed by atoms with van der Waals surface area (Å²) in [7, 11) is 0. The first kappa shape index (κ1) is 17.4. The summed E-state index contributed by atoms with van der Waals surface area (Å²) in [6, 6.07) is 6.30. The van der Waals surface area contributed by atoms with E-state index in [9.17, 15) is 23.3 Å². The standard InChI is InChI=1S/C16H17F3N4O2/c1-10-7-13(12-3-2-4-14(23(24)25)15(12)20-10)21-11-5-6-22(8-11)9-16(17,18)19/h2-4,7,11H,5-6,8-9H2,1H3,(H,20,21). The topological polar surface area (TPSA) is 71.3 Å². The van der Waals surface area contributed by atoms with Crippen LogP contribution in [0.2, 0.25) is 0 Å². The van der Waals surface area contributed by atoms with Crippen molar-refractivity contribution in [3.63, 3.8) is 0 Å². The smallest absolute Gasteiger partial charge is 0.380 e. The van der Waals surface area contributed by atoms with Gasteiger partial charge in [-0.25, -0.2) is 4.98 Å². The van der Waals surface area contributed by atoms with Gasteiger partial charge in [0.2, 0.25) is 0 Å². The van der Waals surface area contributed by atoms with Gasteiger partial charge in [0.1, 0.15) is 0 Å². The monoisotopic (exact) mass is 354 g/mol. The molecule has 2 heterocycles. The highest BCUT2D eigenvalue weighted by atomic mass is 19.4. The molecule has 25 heavy (non-hydrogen) atoms. The molecule has 3 rings (SSSR count). The van der Waals surface area contributed by atoms with Crippen LogP contribution in [-0.4, -0.2) is 46.7 Å². The summed E-state index contributed by atoms with van der Waals surface area (Å²) in [5, 5.41) is 15.0. The molecule has 1 atom stereocenters. The van der Waals surface area contributed by atoms with Crippen LogP contribution in [0.15, 0.2) is 24.3 Å². The molecule has 1 aromatic heterocycles. The number of aromatic nitrogens is 1. The molecule has 1 fully saturated rings. The molecule has 0 bridgehead atoms. The van der Waals surface area contributed by atoms with Crippen molar-refractivity contribution < 1.29 is 18.1 Å². The molecule has 0 saturated carbocycles. The second-order valence-corrected chi connectivity index (χ2v) is 6.22. The lowest BCUT2D eigenvalue weighted by Crippen LogP contribution is -2.34. The number of nitro benzene ring substituents is 1. The molecule has 1 aliphatic rings. The highest BCUT2D eigenvalue weighted by Gasteiger charge is 2.34. The average molecular weight is 354 g/mol. The van der Waals surface area contributed by atoms with E-state index in [1.807, 2.05) is 0 Å². The van der Waals surface area contributed by atoms with Crippen LogP contribution in [0, 0.1) is 17.0 Å². The van der Waals surface area contributed by atoms with Crippen molar-refractivity contribution in [1.82, 2.24) is 9.88 Å². The number of para-hydroxylation sites is 1. The molecule has 0 amide bonds. The third-order valence-electron chi connectivity index (χ3n) is 4.18. The SMILES string of the molecule is Cc1cc(NC2CCN(CC(F)(F)F)C2)c2cccc([N+](=O)[O-])c2n1. The molecule has 1 aliphatic heterocycles. The van der Waals surface area contributed by atoms with Crippen molar-refractivity contribution in [3.8, 4) is 0 Å². The number of halogens is 3. The van der Waals surface area contributed by atoms with E-state index in [-0.39, 0.29) is 23.8 Å². The molecule has 1 aromatic carbocycles. The molecular weight excluding hydrogens is 337 g/mol. The molecule has 6 nitrogen and oxygen atoms in total. The minimum absolute atomic E-state index is 0.0885. The molecule has 2 aromatic rings. The fourth-order valence-electron chi connectivity index (χ4n) is 3.20. The Kier molecular flexibility index (Phi) is 4.51. The number of alkyl halides is 3. The molecule has 9 heteroatoms. The zero-order chi connectivity index (χ0) is 18.2. The Labute approximate surface area is 141 Å². The van der Waals surface area contributed by atoms with Crippen LogP contribution in [0.1, 0.15) is 12.1 Å². The lowest BCUT2D eigenvalue weighted by atomic mass is 10.1. The molecule has 1 saturated heterocycles. The number of anilines is 1. The lowest BCUT2D eigenvalue weighted by molar-refractivity contribution is -0.383. The van der Waals surface area contributed by atoms with Crippen LogP contribution in [-0.2, 0) is 0 Å². The van der Waals surface area contributed by atoms with Gasteiger partial charge in [-0.3, -0.25) is 15.0 Å². The van der Waals surface area contributed by atoms with Gasteiger partial charge in [0, 0.05) is 42.0 Å². The minimum Gasteiger partial charge on any atom is -0.380 e. The van der Waals surface area contributed by atoms with Crippen LogP contribution in [0.3, 0.4) is 0 Å². The maximum absolute atomic E-state index is 12.5. The van der Waals surface area contributed by atoms with Crippen LogP contribution >= 0.6 is 0 Å². The van der Waals surface area contributed by atoms with Crippen molar-refractivity contribution in [2.24, 2.45) is 0 Å². The summed E-state index contributed by atoms with van der Waals surface area (Å²) >= 11 is 0. The quantitative estimate of drug-likeness (QED) is 0.672. The van der Waals surface area contributed by atoms with E-state index in [4.69, 9.17) is 0 Å². The zero-order valence-corrected chi connectivity index (χ0v) is 13.5. The van der Waals surface area contributed by atoms with Gasteiger partial charge in [-0.2, -0.15) is 13.2 Å². The largest absolute Gasteiger partial charge is 0.401 e. The zero-order valence-electron chi connectivity index (χ0n) is 13.5. The fourth-order valence-corrected chi connectivity index (χ4v) is 3.20. The first-order valence-corrected chi connectivity index (χ1v) is 7.83. The number of aryl methyl sites for hydroxylation is 1. The summed E-state index contributed by atoms with van der Waals surface area (Å²) in [4.78, 5) is 16.3. The number of fused-ring (bicyclic) bond motifs is 1. The molecule has 1 N–H and O–H groups in total. The van der Waals surface area contributed by atoms with Crippen LogP contribution in [0.4, 0.5) is 24.5 Å². The van der Waals surface area contributed by atoms with Crippen molar-refractivity contribution in [2.45, 2.75) is 25.6 Å². The fraction of sp³-hybridized carbons (Fsp3) is 0.438. The Balaban J connectivity index is 1.85. The van der Waals surface area contributed by atoms with E-state index in [2.05, 4.69) is 10.3 Å². The number of rotatable bonds is 4. The Bertz CT molecular complexity index is 810. The summed E-state index contributed by atoms with van der Waals surface area (Å²) in [6.45, 7) is 1.44. The van der Waals surface area contributed by atoms with E-state index in [1.54, 1.807) is 25.1 Å². The number of benzene rings is 1.